The van der Waals surface area contributed by atoms with Crippen LogP contribution in [-0.2, 0) is 16.1 Å². The molecule has 1 heterocycles. The summed E-state index contributed by atoms with van der Waals surface area (Å²) >= 11 is 5.87. The third-order valence-corrected chi connectivity index (χ3v) is 3.59. The van der Waals surface area contributed by atoms with Gasteiger partial charge in [-0.25, -0.2) is 0 Å². The summed E-state index contributed by atoms with van der Waals surface area (Å²) in [6.07, 6.45) is 0.286. The van der Waals surface area contributed by atoms with Gasteiger partial charge in [0.2, 0.25) is 5.91 Å². The molecule has 2 rings (SSSR count). The SMILES string of the molecule is CC1(C(=O)[O-])CCN(Cc2cccc(Cl)c2)C1=O.[K+]. The van der Waals surface area contributed by atoms with E-state index in [9.17, 15) is 14.7 Å². The van der Waals surface area contributed by atoms with E-state index >= 15 is 0 Å². The first-order chi connectivity index (χ1) is 8.43. The van der Waals surface area contributed by atoms with Gasteiger partial charge < -0.3 is 14.8 Å². The van der Waals surface area contributed by atoms with Gasteiger partial charge in [0.1, 0.15) is 0 Å². The zero-order chi connectivity index (χ0) is 13.3. The summed E-state index contributed by atoms with van der Waals surface area (Å²) in [7, 11) is 0. The third-order valence-electron chi connectivity index (χ3n) is 3.35. The Bertz CT molecular complexity index is 508. The molecule has 0 aliphatic carbocycles. The van der Waals surface area contributed by atoms with E-state index in [-0.39, 0.29) is 63.7 Å². The van der Waals surface area contributed by atoms with Crippen molar-refractivity contribution < 1.29 is 66.1 Å². The minimum Gasteiger partial charge on any atom is -0.549 e. The molecule has 1 aliphatic heterocycles. The molecule has 0 spiro atoms. The molecule has 1 aromatic carbocycles. The summed E-state index contributed by atoms with van der Waals surface area (Å²) in [5.41, 5.74) is -0.503. The number of rotatable bonds is 3. The second-order valence-electron chi connectivity index (χ2n) is 4.73. The largest absolute Gasteiger partial charge is 1.00 e. The Hall–Kier alpha value is 0.0864. The van der Waals surface area contributed by atoms with Crippen molar-refractivity contribution in [1.82, 2.24) is 4.90 Å². The van der Waals surface area contributed by atoms with Gasteiger partial charge in [0, 0.05) is 18.1 Å². The van der Waals surface area contributed by atoms with Crippen molar-refractivity contribution in [3.05, 3.63) is 34.9 Å². The molecular weight excluding hydrogens is 293 g/mol. The maximum Gasteiger partial charge on any atom is 1.00 e. The van der Waals surface area contributed by atoms with Crippen LogP contribution in [0.3, 0.4) is 0 Å². The molecule has 0 aromatic heterocycles. The molecule has 4 nitrogen and oxygen atoms in total. The van der Waals surface area contributed by atoms with Crippen molar-refractivity contribution in [1.29, 1.82) is 0 Å². The Kier molecular flexibility index (Phi) is 6.04. The molecule has 1 atom stereocenters. The van der Waals surface area contributed by atoms with E-state index in [2.05, 4.69) is 0 Å². The molecule has 0 radical (unpaired) electrons. The quantitative estimate of drug-likeness (QED) is 0.472. The van der Waals surface area contributed by atoms with Crippen LogP contribution in [0.2, 0.25) is 5.02 Å². The van der Waals surface area contributed by atoms with Gasteiger partial charge in [-0.3, -0.25) is 4.79 Å². The summed E-state index contributed by atoms with van der Waals surface area (Å²) in [5.74, 6) is -1.69. The molecule has 6 heteroatoms. The summed E-state index contributed by atoms with van der Waals surface area (Å²) < 4.78 is 0. The van der Waals surface area contributed by atoms with Gasteiger partial charge in [0.15, 0.2) is 0 Å². The molecule has 1 amide bonds. The molecule has 1 aromatic rings. The van der Waals surface area contributed by atoms with Crippen LogP contribution in [0.25, 0.3) is 0 Å². The molecular formula is C13H13ClKNO3. The zero-order valence-electron chi connectivity index (χ0n) is 11.0. The zero-order valence-corrected chi connectivity index (χ0v) is 14.9. The fourth-order valence-electron chi connectivity index (χ4n) is 2.11. The number of amides is 1. The summed E-state index contributed by atoms with van der Waals surface area (Å²) in [6, 6.07) is 7.18. The average molecular weight is 306 g/mol. The number of likely N-dealkylation sites (tertiary alicyclic amines) is 1. The third kappa shape index (κ3) is 3.59. The van der Waals surface area contributed by atoms with E-state index in [1.54, 1.807) is 18.2 Å². The molecule has 1 unspecified atom stereocenters. The molecule has 1 saturated heterocycles. The van der Waals surface area contributed by atoms with E-state index in [0.717, 1.165) is 5.56 Å². The number of carboxylic acids is 1. The first-order valence-electron chi connectivity index (χ1n) is 5.69. The second-order valence-corrected chi connectivity index (χ2v) is 5.16. The molecule has 96 valence electrons. The topological polar surface area (TPSA) is 60.4 Å². The molecule has 19 heavy (non-hydrogen) atoms. The summed E-state index contributed by atoms with van der Waals surface area (Å²) in [6.45, 7) is 2.22. The monoisotopic (exact) mass is 305 g/mol. The number of nitrogens with zero attached hydrogens (tertiary/aromatic N) is 1. The molecule has 1 fully saturated rings. The van der Waals surface area contributed by atoms with Crippen molar-refractivity contribution in [3.63, 3.8) is 0 Å². The molecule has 0 saturated carbocycles. The minimum absolute atomic E-state index is 0. The van der Waals surface area contributed by atoms with Crippen molar-refractivity contribution in [3.8, 4) is 0 Å². The van der Waals surface area contributed by atoms with Crippen LogP contribution in [0.5, 0.6) is 0 Å². The number of hydrogen-bond donors (Lipinski definition) is 0. The first kappa shape index (κ1) is 17.1. The van der Waals surface area contributed by atoms with Gasteiger partial charge in [-0.15, -0.1) is 0 Å². The van der Waals surface area contributed by atoms with Gasteiger partial charge in [-0.05, 0) is 31.0 Å². The van der Waals surface area contributed by atoms with Crippen molar-refractivity contribution >= 4 is 23.5 Å². The van der Waals surface area contributed by atoms with Crippen molar-refractivity contribution in [2.75, 3.05) is 6.54 Å². The van der Waals surface area contributed by atoms with Gasteiger partial charge >= 0.3 is 51.4 Å². The van der Waals surface area contributed by atoms with Crippen LogP contribution in [-0.4, -0.2) is 23.3 Å². The van der Waals surface area contributed by atoms with Crippen LogP contribution >= 0.6 is 11.6 Å². The van der Waals surface area contributed by atoms with E-state index in [1.165, 1.54) is 11.8 Å². The van der Waals surface area contributed by atoms with Crippen LogP contribution in [0, 0.1) is 5.41 Å². The number of carbonyl (C=O) groups excluding carboxylic acids is 2. The van der Waals surface area contributed by atoms with Crippen LogP contribution in [0.4, 0.5) is 0 Å². The van der Waals surface area contributed by atoms with Crippen molar-refractivity contribution in [2.45, 2.75) is 19.9 Å². The van der Waals surface area contributed by atoms with Crippen LogP contribution in [0.1, 0.15) is 18.9 Å². The Morgan fingerprint density at radius 2 is 2.21 bits per heavy atom. The number of benzene rings is 1. The Morgan fingerprint density at radius 3 is 2.74 bits per heavy atom. The number of halogens is 1. The van der Waals surface area contributed by atoms with Gasteiger partial charge in [-0.1, -0.05) is 23.7 Å². The number of aliphatic carboxylic acids is 1. The average Bonchev–Trinajstić information content (AvgIpc) is 2.59. The van der Waals surface area contributed by atoms with E-state index in [1.807, 2.05) is 6.07 Å². The minimum atomic E-state index is -1.39. The standard InChI is InChI=1S/C13H14ClNO3.K/c1-13(12(17)18)5-6-15(11(13)16)8-9-3-2-4-10(14)7-9;/h2-4,7H,5-6,8H2,1H3,(H,17,18);/q;+1/p-1. The normalized spacial score (nSPS) is 22.2. The van der Waals surface area contributed by atoms with E-state index in [0.29, 0.717) is 18.1 Å². The number of carboxylic acid groups (broad SMARTS) is 1. The molecule has 1 aliphatic rings. The second kappa shape index (κ2) is 6.69. The molecule has 0 N–H and O–H groups in total. The number of hydrogen-bond acceptors (Lipinski definition) is 3. The van der Waals surface area contributed by atoms with E-state index < -0.39 is 11.4 Å². The Labute approximate surface area is 159 Å². The summed E-state index contributed by atoms with van der Waals surface area (Å²) in [5, 5.41) is 11.6. The predicted molar refractivity (Wildman–Crippen MR) is 64.6 cm³/mol. The fraction of sp³-hybridized carbons (Fsp3) is 0.385. The maximum atomic E-state index is 12.0. The first-order valence-corrected chi connectivity index (χ1v) is 6.06. The Balaban J connectivity index is 0.00000180. The fourth-order valence-corrected chi connectivity index (χ4v) is 2.32. The predicted octanol–water partition coefficient (Wildman–Crippen LogP) is -2.17. The molecule has 0 bridgehead atoms. The van der Waals surface area contributed by atoms with Gasteiger partial charge in [-0.2, -0.15) is 0 Å². The smallest absolute Gasteiger partial charge is 0.549 e. The van der Waals surface area contributed by atoms with Gasteiger partial charge in [0.25, 0.3) is 0 Å². The maximum absolute atomic E-state index is 12.0. The van der Waals surface area contributed by atoms with Crippen LogP contribution < -0.4 is 56.5 Å². The number of carbonyl (C=O) groups is 2. The Morgan fingerprint density at radius 1 is 1.53 bits per heavy atom. The van der Waals surface area contributed by atoms with Crippen LogP contribution in [0.15, 0.2) is 24.3 Å². The van der Waals surface area contributed by atoms with Crippen molar-refractivity contribution in [2.24, 2.45) is 5.41 Å². The van der Waals surface area contributed by atoms with E-state index in [4.69, 9.17) is 11.6 Å². The summed E-state index contributed by atoms with van der Waals surface area (Å²) in [4.78, 5) is 24.6. The van der Waals surface area contributed by atoms with Gasteiger partial charge in [0.05, 0.1) is 11.4 Å².